The van der Waals surface area contributed by atoms with E-state index >= 15 is 0 Å². The number of nitrogens with zero attached hydrogens (tertiary/aromatic N) is 2. The van der Waals surface area contributed by atoms with Gasteiger partial charge >= 0.3 is 0 Å². The third kappa shape index (κ3) is 9.89. The molecule has 2 atom stereocenters. The average molecular weight is 729 g/mol. The van der Waals surface area contributed by atoms with Crippen LogP contribution in [0.3, 0.4) is 0 Å². The Hall–Kier alpha value is -6.03. The lowest BCUT2D eigenvalue weighted by atomic mass is 9.77. The molecule has 0 aliphatic carbocycles. The Balaban J connectivity index is 1.37. The zero-order chi connectivity index (χ0) is 38.5. The fourth-order valence-electron chi connectivity index (χ4n) is 6.64. The number of imidazole rings is 1. The number of amides is 2. The minimum absolute atomic E-state index is 0.0326. The van der Waals surface area contributed by atoms with E-state index in [1.165, 1.54) is 31.2 Å². The van der Waals surface area contributed by atoms with Crippen LogP contribution < -0.4 is 10.6 Å². The lowest BCUT2D eigenvalue weighted by Crippen LogP contribution is -2.44. The second-order valence-electron chi connectivity index (χ2n) is 13.3. The van der Waals surface area contributed by atoms with Crippen molar-refractivity contribution >= 4 is 29.2 Å². The second-order valence-corrected chi connectivity index (χ2v) is 13.3. The summed E-state index contributed by atoms with van der Waals surface area (Å²) in [5.41, 5.74) is 3.39. The zero-order valence-electron chi connectivity index (χ0n) is 30.5. The van der Waals surface area contributed by atoms with Crippen LogP contribution in [0.2, 0.25) is 0 Å². The van der Waals surface area contributed by atoms with Crippen molar-refractivity contribution in [1.29, 1.82) is 0 Å². The van der Waals surface area contributed by atoms with Crippen LogP contribution in [-0.4, -0.2) is 50.8 Å². The Kier molecular flexibility index (Phi) is 13.5. The third-order valence-corrected chi connectivity index (χ3v) is 9.46. The number of halogens is 1. The topological polar surface area (TPSA) is 127 Å². The zero-order valence-corrected chi connectivity index (χ0v) is 30.5. The van der Waals surface area contributed by atoms with Gasteiger partial charge in [-0.1, -0.05) is 110 Å². The van der Waals surface area contributed by atoms with Crippen LogP contribution in [0.4, 0.5) is 4.39 Å². The van der Waals surface area contributed by atoms with Crippen molar-refractivity contribution in [2.45, 2.75) is 76.4 Å². The molecule has 0 fully saturated rings. The number of carbonyl (C=O) groups excluding carboxylic acids is 5. The summed E-state index contributed by atoms with van der Waals surface area (Å²) in [5, 5.41) is 5.54. The molecule has 0 unspecified atom stereocenters. The first kappa shape index (κ1) is 39.2. The van der Waals surface area contributed by atoms with Gasteiger partial charge in [-0.2, -0.15) is 0 Å². The summed E-state index contributed by atoms with van der Waals surface area (Å²) >= 11 is 0. The number of nitrogens with one attached hydrogen (secondary N) is 2. The van der Waals surface area contributed by atoms with E-state index in [0.717, 1.165) is 16.7 Å². The molecule has 278 valence electrons. The van der Waals surface area contributed by atoms with Crippen molar-refractivity contribution in [1.82, 2.24) is 20.2 Å². The molecular formula is C44H45FN4O5. The summed E-state index contributed by atoms with van der Waals surface area (Å²) in [4.78, 5) is 68.9. The molecule has 5 aromatic rings. The molecule has 1 aromatic heterocycles. The Labute approximate surface area is 315 Å². The smallest absolute Gasteiger partial charge is 0.221 e. The van der Waals surface area contributed by atoms with Gasteiger partial charge in [-0.3, -0.25) is 19.2 Å². The fraction of sp³-hybridized carbons (Fsp3) is 0.273. The maximum atomic E-state index is 13.7. The van der Waals surface area contributed by atoms with Gasteiger partial charge in [0.25, 0.3) is 0 Å². The molecular weight excluding hydrogens is 684 g/mol. The standard InChI is InChI=1S/C44H45FN4O5/c1-3-42(53)47-39(41(52)25-26-43(54)48-38(40(51)24-19-31(2)50)27-32-20-22-36(45)23-21-32)28-37-29-49(30-46-37)44(33-13-7-4-8-14-33,34-15-9-5-10-16-34)35-17-11-6-12-18-35/h4-18,20-23,29-30,38-39H,3,19,24-28H2,1-2H3,(H,47,53)(H,48,54)/t38-,39+/m1/s1. The number of hydrogen-bond acceptors (Lipinski definition) is 6. The number of benzene rings is 4. The van der Waals surface area contributed by atoms with Crippen LogP contribution in [0, 0.1) is 5.82 Å². The van der Waals surface area contributed by atoms with E-state index in [1.54, 1.807) is 13.3 Å². The van der Waals surface area contributed by atoms with Crippen LogP contribution in [0.15, 0.2) is 128 Å². The van der Waals surface area contributed by atoms with E-state index in [9.17, 15) is 28.4 Å². The summed E-state index contributed by atoms with van der Waals surface area (Å²) in [6.07, 6.45) is 3.52. The molecule has 0 aliphatic rings. The van der Waals surface area contributed by atoms with Gasteiger partial charge in [-0.05, 0) is 47.7 Å². The molecule has 0 aliphatic heterocycles. The largest absolute Gasteiger partial charge is 0.346 e. The first-order chi connectivity index (χ1) is 26.1. The number of ketones is 3. The lowest BCUT2D eigenvalue weighted by molar-refractivity contribution is -0.130. The average Bonchev–Trinajstić information content (AvgIpc) is 3.66. The summed E-state index contributed by atoms with van der Waals surface area (Å²) in [5.74, 6) is -2.14. The third-order valence-electron chi connectivity index (χ3n) is 9.46. The quantitative estimate of drug-likeness (QED) is 0.0960. The predicted octanol–water partition coefficient (Wildman–Crippen LogP) is 6.31. The number of hydrogen-bond donors (Lipinski definition) is 2. The Morgan fingerprint density at radius 3 is 1.63 bits per heavy atom. The summed E-state index contributed by atoms with van der Waals surface area (Å²) in [7, 11) is 0. The first-order valence-electron chi connectivity index (χ1n) is 18.2. The molecule has 9 nitrogen and oxygen atoms in total. The van der Waals surface area contributed by atoms with Crippen molar-refractivity contribution < 1.29 is 28.4 Å². The van der Waals surface area contributed by atoms with E-state index in [4.69, 9.17) is 4.98 Å². The summed E-state index contributed by atoms with van der Waals surface area (Å²) in [6, 6.07) is 33.9. The molecule has 0 saturated heterocycles. The van der Waals surface area contributed by atoms with Crippen LogP contribution in [0.25, 0.3) is 0 Å². The van der Waals surface area contributed by atoms with E-state index in [0.29, 0.717) is 11.3 Å². The molecule has 1 heterocycles. The van der Waals surface area contributed by atoms with Crippen molar-refractivity contribution in [3.63, 3.8) is 0 Å². The second kappa shape index (κ2) is 18.6. The highest BCUT2D eigenvalue weighted by atomic mass is 19.1. The van der Waals surface area contributed by atoms with E-state index in [1.807, 2.05) is 65.4 Å². The molecule has 0 saturated carbocycles. The van der Waals surface area contributed by atoms with E-state index in [2.05, 4.69) is 47.0 Å². The molecule has 2 N–H and O–H groups in total. The molecule has 2 amide bonds. The maximum absolute atomic E-state index is 13.7. The van der Waals surface area contributed by atoms with Crippen molar-refractivity contribution in [3.8, 4) is 0 Å². The number of carbonyl (C=O) groups is 5. The minimum atomic E-state index is -0.962. The highest BCUT2D eigenvalue weighted by Crippen LogP contribution is 2.40. The SMILES string of the molecule is CCC(=O)N[C@@H](Cc1cn(C(c2ccccc2)(c2ccccc2)c2ccccc2)cn1)C(=O)CCC(=O)N[C@H](Cc1ccc(F)cc1)C(=O)CCC(C)=O. The van der Waals surface area contributed by atoms with Crippen LogP contribution in [0.5, 0.6) is 0 Å². The van der Waals surface area contributed by atoms with Crippen molar-refractivity contribution in [2.75, 3.05) is 0 Å². The van der Waals surface area contributed by atoms with Gasteiger partial charge in [0.15, 0.2) is 11.6 Å². The Bertz CT molecular complexity index is 1940. The molecule has 4 aromatic carbocycles. The predicted molar refractivity (Wildman–Crippen MR) is 204 cm³/mol. The van der Waals surface area contributed by atoms with Gasteiger partial charge in [-0.25, -0.2) is 9.37 Å². The van der Waals surface area contributed by atoms with E-state index < -0.39 is 29.3 Å². The summed E-state index contributed by atoms with van der Waals surface area (Å²) in [6.45, 7) is 3.08. The van der Waals surface area contributed by atoms with Gasteiger partial charge in [0.2, 0.25) is 11.8 Å². The maximum Gasteiger partial charge on any atom is 0.221 e. The highest BCUT2D eigenvalue weighted by molar-refractivity contribution is 5.94. The van der Waals surface area contributed by atoms with Crippen LogP contribution in [-0.2, 0) is 42.4 Å². The Morgan fingerprint density at radius 2 is 1.13 bits per heavy atom. The van der Waals surface area contributed by atoms with Gasteiger partial charge < -0.3 is 20.0 Å². The molecule has 10 heteroatoms. The molecule has 5 rings (SSSR count). The number of aromatic nitrogens is 2. The minimum Gasteiger partial charge on any atom is -0.346 e. The van der Waals surface area contributed by atoms with Crippen LogP contribution >= 0.6 is 0 Å². The van der Waals surface area contributed by atoms with Crippen LogP contribution in [0.1, 0.15) is 73.9 Å². The summed E-state index contributed by atoms with van der Waals surface area (Å²) < 4.78 is 15.5. The number of Topliss-reactive ketones (excluding diaryl/α,β-unsaturated/α-hetero) is 3. The molecule has 0 bridgehead atoms. The fourth-order valence-corrected chi connectivity index (χ4v) is 6.64. The normalized spacial score (nSPS) is 12.4. The number of rotatable bonds is 19. The highest BCUT2D eigenvalue weighted by Gasteiger charge is 2.38. The van der Waals surface area contributed by atoms with Gasteiger partial charge in [0.1, 0.15) is 17.1 Å². The van der Waals surface area contributed by atoms with Gasteiger partial charge in [-0.15, -0.1) is 0 Å². The van der Waals surface area contributed by atoms with Gasteiger partial charge in [0, 0.05) is 44.7 Å². The van der Waals surface area contributed by atoms with Crippen molar-refractivity contribution in [2.24, 2.45) is 0 Å². The van der Waals surface area contributed by atoms with Gasteiger partial charge in [0.05, 0.1) is 24.1 Å². The monoisotopic (exact) mass is 728 g/mol. The first-order valence-corrected chi connectivity index (χ1v) is 18.2. The molecule has 0 spiro atoms. The van der Waals surface area contributed by atoms with E-state index in [-0.39, 0.29) is 68.2 Å². The molecule has 54 heavy (non-hydrogen) atoms. The molecule has 0 radical (unpaired) electrons. The van der Waals surface area contributed by atoms with Crippen molar-refractivity contribution in [3.05, 3.63) is 162 Å². The lowest BCUT2D eigenvalue weighted by Gasteiger charge is -2.37. The Morgan fingerprint density at radius 1 is 0.648 bits per heavy atom.